The monoisotopic (exact) mass is 209 g/mol. The Morgan fingerprint density at radius 2 is 1.85 bits per heavy atom. The summed E-state index contributed by atoms with van der Waals surface area (Å²) in [7, 11) is -0.0788. The van der Waals surface area contributed by atoms with E-state index in [0.717, 1.165) is 0 Å². The molecule has 0 aliphatic carbocycles. The lowest BCUT2D eigenvalue weighted by Gasteiger charge is -2.19. The topological polar surface area (TPSA) is 70.8 Å². The minimum Gasteiger partial charge on any atom is -0.467 e. The molecule has 0 fully saturated rings. The number of ether oxygens (including phenoxy) is 1. The van der Waals surface area contributed by atoms with Gasteiger partial charge in [0.25, 0.3) is 0 Å². The smallest absolute Gasteiger partial charge is 0.331 e. The first-order chi connectivity index (χ1) is 6.17. The standard InChI is InChI=1S/C7H16NO4P/c1-4-11-13(12-5-2)6(8)7(9)10-3/h6H,4-5,8H2,1-3H3. The van der Waals surface area contributed by atoms with Gasteiger partial charge in [-0.3, -0.25) is 0 Å². The minimum atomic E-state index is -1.36. The average molecular weight is 209 g/mol. The van der Waals surface area contributed by atoms with Crippen LogP contribution in [-0.4, -0.2) is 32.1 Å². The summed E-state index contributed by atoms with van der Waals surface area (Å²) in [6.45, 7) is 4.57. The summed E-state index contributed by atoms with van der Waals surface area (Å²) in [5, 5.41) is 0. The summed E-state index contributed by atoms with van der Waals surface area (Å²) in [5.74, 6) is -1.33. The Hall–Kier alpha value is -0.220. The van der Waals surface area contributed by atoms with Crippen molar-refractivity contribution in [3.05, 3.63) is 0 Å². The third-order valence-corrected chi connectivity index (χ3v) is 2.87. The molecule has 0 bridgehead atoms. The first-order valence-electron chi connectivity index (χ1n) is 4.05. The highest BCUT2D eigenvalue weighted by atomic mass is 31.2. The second-order valence-corrected chi connectivity index (χ2v) is 3.73. The molecule has 0 aliphatic heterocycles. The molecule has 1 atom stereocenters. The Balaban J connectivity index is 4.08. The van der Waals surface area contributed by atoms with Crippen LogP contribution < -0.4 is 5.73 Å². The molecule has 2 N–H and O–H groups in total. The summed E-state index contributed by atoms with van der Waals surface area (Å²) in [5.41, 5.74) is 5.55. The zero-order chi connectivity index (χ0) is 10.3. The van der Waals surface area contributed by atoms with Crippen molar-refractivity contribution < 1.29 is 18.6 Å². The predicted octanol–water partition coefficient (Wildman–Crippen LogP) is 0.829. The summed E-state index contributed by atoms with van der Waals surface area (Å²) >= 11 is 0. The molecule has 13 heavy (non-hydrogen) atoms. The van der Waals surface area contributed by atoms with E-state index in [1.54, 1.807) is 0 Å². The van der Waals surface area contributed by atoms with E-state index in [0.29, 0.717) is 13.2 Å². The summed E-state index contributed by atoms with van der Waals surface area (Å²) < 4.78 is 14.8. The van der Waals surface area contributed by atoms with Gasteiger partial charge in [-0.2, -0.15) is 0 Å². The van der Waals surface area contributed by atoms with Gasteiger partial charge in [0.1, 0.15) is 0 Å². The molecular weight excluding hydrogens is 193 g/mol. The van der Waals surface area contributed by atoms with E-state index in [-0.39, 0.29) is 0 Å². The van der Waals surface area contributed by atoms with Crippen molar-refractivity contribution in [1.82, 2.24) is 0 Å². The number of nitrogens with two attached hydrogens (primary N) is 1. The first kappa shape index (κ1) is 12.8. The minimum absolute atomic E-state index is 0.469. The zero-order valence-corrected chi connectivity index (χ0v) is 9.04. The van der Waals surface area contributed by atoms with Crippen LogP contribution in [0.3, 0.4) is 0 Å². The quantitative estimate of drug-likeness (QED) is 0.518. The lowest BCUT2D eigenvalue weighted by Crippen LogP contribution is -2.31. The largest absolute Gasteiger partial charge is 0.467 e. The number of carbonyl (C=O) groups excluding carboxylic acids is 1. The number of hydrogen-bond acceptors (Lipinski definition) is 5. The molecule has 0 rings (SSSR count). The number of esters is 1. The molecule has 0 spiro atoms. The fraction of sp³-hybridized carbons (Fsp3) is 0.857. The molecule has 1 unspecified atom stereocenters. The van der Waals surface area contributed by atoms with E-state index >= 15 is 0 Å². The van der Waals surface area contributed by atoms with Gasteiger partial charge in [-0.1, -0.05) is 0 Å². The van der Waals surface area contributed by atoms with E-state index in [2.05, 4.69) is 4.74 Å². The first-order valence-corrected chi connectivity index (χ1v) is 5.30. The molecule has 0 saturated carbocycles. The number of carbonyl (C=O) groups is 1. The van der Waals surface area contributed by atoms with Crippen LogP contribution in [-0.2, 0) is 18.6 Å². The van der Waals surface area contributed by atoms with E-state index < -0.39 is 20.1 Å². The highest BCUT2D eigenvalue weighted by Crippen LogP contribution is 2.41. The Kier molecular flexibility index (Phi) is 7.09. The van der Waals surface area contributed by atoms with Crippen molar-refractivity contribution >= 4 is 14.3 Å². The highest BCUT2D eigenvalue weighted by molar-refractivity contribution is 7.49. The average Bonchev–Trinajstić information content (AvgIpc) is 2.15. The van der Waals surface area contributed by atoms with Crippen molar-refractivity contribution in [2.75, 3.05) is 20.3 Å². The third-order valence-electron chi connectivity index (χ3n) is 1.18. The lowest BCUT2D eigenvalue weighted by atomic mass is 10.7. The van der Waals surface area contributed by atoms with Crippen LogP contribution in [0.2, 0.25) is 0 Å². The lowest BCUT2D eigenvalue weighted by molar-refractivity contribution is -0.140. The normalized spacial score (nSPS) is 13.0. The molecule has 0 aromatic heterocycles. The maximum Gasteiger partial charge on any atom is 0.331 e. The van der Waals surface area contributed by atoms with E-state index in [1.807, 2.05) is 13.8 Å². The molecular formula is C7H16NO4P. The Morgan fingerprint density at radius 1 is 1.38 bits per heavy atom. The molecule has 0 aliphatic rings. The number of methoxy groups -OCH3 is 1. The predicted molar refractivity (Wildman–Crippen MR) is 50.2 cm³/mol. The summed E-state index contributed by atoms with van der Waals surface area (Å²) in [4.78, 5) is 11.0. The fourth-order valence-corrected chi connectivity index (χ4v) is 1.84. The van der Waals surface area contributed by atoms with Crippen LogP contribution in [0.1, 0.15) is 13.8 Å². The molecule has 6 heteroatoms. The van der Waals surface area contributed by atoms with Gasteiger partial charge in [0.05, 0.1) is 20.3 Å². The van der Waals surface area contributed by atoms with Crippen LogP contribution in [0.15, 0.2) is 0 Å². The van der Waals surface area contributed by atoms with E-state index in [4.69, 9.17) is 14.8 Å². The van der Waals surface area contributed by atoms with Crippen LogP contribution in [0, 0.1) is 0 Å². The molecule has 0 amide bonds. The zero-order valence-electron chi connectivity index (χ0n) is 8.15. The highest BCUT2D eigenvalue weighted by Gasteiger charge is 2.27. The molecule has 0 heterocycles. The SMILES string of the molecule is CCOP(OCC)C(N)C(=O)OC. The van der Waals surface area contributed by atoms with Crippen LogP contribution in [0.4, 0.5) is 0 Å². The number of rotatable bonds is 6. The van der Waals surface area contributed by atoms with Gasteiger partial charge in [0, 0.05) is 0 Å². The Morgan fingerprint density at radius 3 is 2.15 bits per heavy atom. The third kappa shape index (κ3) is 4.52. The second-order valence-electron chi connectivity index (χ2n) is 2.09. The Bertz CT molecular complexity index is 149. The number of hydrogen-bond donors (Lipinski definition) is 1. The summed E-state index contributed by atoms with van der Waals surface area (Å²) in [6, 6.07) is 0. The van der Waals surface area contributed by atoms with Gasteiger partial charge >= 0.3 is 5.97 Å². The van der Waals surface area contributed by atoms with Crippen molar-refractivity contribution in [1.29, 1.82) is 0 Å². The van der Waals surface area contributed by atoms with Gasteiger partial charge in [0.2, 0.25) is 8.38 Å². The van der Waals surface area contributed by atoms with Gasteiger partial charge in [-0.05, 0) is 13.8 Å². The second kappa shape index (κ2) is 7.21. The van der Waals surface area contributed by atoms with Crippen LogP contribution in [0.25, 0.3) is 0 Å². The van der Waals surface area contributed by atoms with Gasteiger partial charge in [0.15, 0.2) is 5.78 Å². The molecule has 0 radical (unpaired) electrons. The van der Waals surface area contributed by atoms with Crippen molar-refractivity contribution in [2.24, 2.45) is 5.73 Å². The van der Waals surface area contributed by atoms with E-state index in [1.165, 1.54) is 7.11 Å². The molecule has 0 saturated heterocycles. The van der Waals surface area contributed by atoms with Crippen molar-refractivity contribution in [3.8, 4) is 0 Å². The molecule has 0 aromatic carbocycles. The molecule has 0 aromatic rings. The Labute approximate surface area is 79.4 Å². The summed E-state index contributed by atoms with van der Waals surface area (Å²) in [6.07, 6.45) is 0. The van der Waals surface area contributed by atoms with Gasteiger partial charge in [-0.25, -0.2) is 4.79 Å². The van der Waals surface area contributed by atoms with Crippen molar-refractivity contribution in [2.45, 2.75) is 19.6 Å². The van der Waals surface area contributed by atoms with E-state index in [9.17, 15) is 4.79 Å². The molecule has 5 nitrogen and oxygen atoms in total. The van der Waals surface area contributed by atoms with Gasteiger partial charge in [-0.15, -0.1) is 0 Å². The van der Waals surface area contributed by atoms with Crippen LogP contribution >= 0.6 is 8.38 Å². The van der Waals surface area contributed by atoms with Gasteiger partial charge < -0.3 is 19.5 Å². The maximum atomic E-state index is 11.0. The van der Waals surface area contributed by atoms with Crippen molar-refractivity contribution in [3.63, 3.8) is 0 Å². The maximum absolute atomic E-state index is 11.0. The van der Waals surface area contributed by atoms with Crippen LogP contribution in [0.5, 0.6) is 0 Å². The fourth-order valence-electron chi connectivity index (χ4n) is 0.659. The molecule has 78 valence electrons.